The first kappa shape index (κ1) is 19.1. The molecule has 0 aliphatic heterocycles. The zero-order valence-corrected chi connectivity index (χ0v) is 18.1. The largest absolute Gasteiger partial charge is 0.376 e. The predicted octanol–water partition coefficient (Wildman–Crippen LogP) is 4.69. The van der Waals surface area contributed by atoms with Crippen molar-refractivity contribution >= 4 is 27.8 Å². The molecule has 0 aromatic carbocycles. The summed E-state index contributed by atoms with van der Waals surface area (Å²) in [5.74, 6) is 0.758. The molecule has 6 aromatic rings. The van der Waals surface area contributed by atoms with E-state index in [4.69, 9.17) is 4.98 Å². The average Bonchev–Trinajstić information content (AvgIpc) is 3.48. The first-order valence-corrected chi connectivity index (χ1v) is 10.5. The molecule has 0 bridgehead atoms. The lowest BCUT2D eigenvalue weighted by molar-refractivity contribution is 1.11. The highest BCUT2D eigenvalue weighted by molar-refractivity contribution is 5.98. The van der Waals surface area contributed by atoms with Gasteiger partial charge in [-0.05, 0) is 18.2 Å². The fourth-order valence-electron chi connectivity index (χ4n) is 3.98. The number of nitrogens with zero attached hydrogens (tertiary/aromatic N) is 6. The highest BCUT2D eigenvalue weighted by atomic mass is 15.1. The number of nitrogens with one attached hydrogen (secondary N) is 2. The summed E-state index contributed by atoms with van der Waals surface area (Å²) in [5.41, 5.74) is 8.43. The quantitative estimate of drug-likeness (QED) is 0.419. The topological polar surface area (TPSA) is 99.3 Å². The molecule has 8 heteroatoms. The Hall–Kier alpha value is -4.59. The van der Waals surface area contributed by atoms with E-state index in [0.29, 0.717) is 0 Å². The molecule has 160 valence electrons. The number of fused-ring (bicyclic) bond motifs is 2. The summed E-state index contributed by atoms with van der Waals surface area (Å²) in [5, 5.41) is 0.984. The number of H-pyrrole nitrogens is 2. The second-order valence-corrected chi connectivity index (χ2v) is 8.06. The van der Waals surface area contributed by atoms with E-state index in [0.717, 1.165) is 61.4 Å². The van der Waals surface area contributed by atoms with Gasteiger partial charge >= 0.3 is 0 Å². The lowest BCUT2D eigenvalue weighted by atomic mass is 10.1. The molecule has 0 saturated heterocycles. The third-order valence-corrected chi connectivity index (χ3v) is 5.73. The maximum absolute atomic E-state index is 4.93. The van der Waals surface area contributed by atoms with Gasteiger partial charge in [-0.15, -0.1) is 0 Å². The Balaban J connectivity index is 1.48. The second kappa shape index (κ2) is 7.52. The molecule has 0 fully saturated rings. The van der Waals surface area contributed by atoms with Gasteiger partial charge in [0.15, 0.2) is 0 Å². The van der Waals surface area contributed by atoms with Gasteiger partial charge in [0, 0.05) is 84.5 Å². The normalized spacial score (nSPS) is 11.3. The number of rotatable bonds is 4. The van der Waals surface area contributed by atoms with E-state index in [1.807, 2.05) is 68.3 Å². The molecule has 6 rings (SSSR count). The smallest absolute Gasteiger partial charge is 0.140 e. The Kier molecular flexibility index (Phi) is 4.36. The second-order valence-electron chi connectivity index (χ2n) is 8.06. The van der Waals surface area contributed by atoms with Gasteiger partial charge in [0.2, 0.25) is 0 Å². The average molecular weight is 432 g/mol. The Morgan fingerprint density at radius 3 is 2.52 bits per heavy atom. The van der Waals surface area contributed by atoms with Crippen molar-refractivity contribution in [3.8, 4) is 33.6 Å². The zero-order chi connectivity index (χ0) is 22.4. The van der Waals surface area contributed by atoms with Crippen molar-refractivity contribution in [2.45, 2.75) is 0 Å². The number of aromatic amines is 2. The van der Waals surface area contributed by atoms with Gasteiger partial charge < -0.3 is 14.9 Å². The monoisotopic (exact) mass is 432 g/mol. The molecule has 6 heterocycles. The minimum absolute atomic E-state index is 0.758. The summed E-state index contributed by atoms with van der Waals surface area (Å²) < 4.78 is 0. The first-order valence-electron chi connectivity index (χ1n) is 10.5. The Morgan fingerprint density at radius 1 is 0.818 bits per heavy atom. The van der Waals surface area contributed by atoms with E-state index in [1.54, 1.807) is 12.4 Å². The Bertz CT molecular complexity index is 1600. The molecule has 8 nitrogen and oxygen atoms in total. The standard InChI is InChI=1S/C25H20N8/c1-33(2)18-6-16(9-27-11-18)17-7-19-21(13-30-24(19)29-10-17)25-31-22-14-28-12-20(23(22)32-25)15-4-3-5-26-8-15/h3-14H,1-2H3,(H,29,30)(H,31,32). The number of anilines is 1. The van der Waals surface area contributed by atoms with Gasteiger partial charge in [0.1, 0.15) is 11.5 Å². The van der Waals surface area contributed by atoms with Crippen molar-refractivity contribution in [3.63, 3.8) is 0 Å². The first-order chi connectivity index (χ1) is 16.2. The fourth-order valence-corrected chi connectivity index (χ4v) is 3.98. The molecule has 2 N–H and O–H groups in total. The van der Waals surface area contributed by atoms with Crippen LogP contribution in [0.5, 0.6) is 0 Å². The lowest BCUT2D eigenvalue weighted by Gasteiger charge is -2.12. The van der Waals surface area contributed by atoms with Crippen molar-refractivity contribution in [1.82, 2.24) is 34.9 Å². The van der Waals surface area contributed by atoms with Crippen LogP contribution in [-0.4, -0.2) is 49.0 Å². The number of hydrogen-bond donors (Lipinski definition) is 2. The molecule has 0 radical (unpaired) electrons. The summed E-state index contributed by atoms with van der Waals surface area (Å²) in [6, 6.07) is 8.15. The molecular weight excluding hydrogens is 412 g/mol. The molecule has 0 spiro atoms. The van der Waals surface area contributed by atoms with Crippen molar-refractivity contribution < 1.29 is 0 Å². The van der Waals surface area contributed by atoms with Gasteiger partial charge in [-0.3, -0.25) is 15.0 Å². The third kappa shape index (κ3) is 3.28. The number of hydrogen-bond acceptors (Lipinski definition) is 6. The van der Waals surface area contributed by atoms with Crippen LogP contribution in [0, 0.1) is 0 Å². The highest BCUT2D eigenvalue weighted by Crippen LogP contribution is 2.33. The van der Waals surface area contributed by atoms with Crippen LogP contribution in [0.3, 0.4) is 0 Å². The van der Waals surface area contributed by atoms with Crippen LogP contribution in [0.1, 0.15) is 0 Å². The maximum atomic E-state index is 4.93. The molecule has 0 aliphatic rings. The molecule has 0 atom stereocenters. The highest BCUT2D eigenvalue weighted by Gasteiger charge is 2.15. The summed E-state index contributed by atoms with van der Waals surface area (Å²) in [4.78, 5) is 31.3. The SMILES string of the molecule is CN(C)c1cncc(-c2cnc3[nH]cc(-c4nc5c(-c6cccnc6)cncc5[nH]4)c3c2)c1. The number of pyridine rings is 4. The molecule has 33 heavy (non-hydrogen) atoms. The van der Waals surface area contributed by atoms with E-state index in [9.17, 15) is 0 Å². The van der Waals surface area contributed by atoms with Gasteiger partial charge in [-0.1, -0.05) is 6.07 Å². The number of imidazole rings is 1. The molecule has 6 aromatic heterocycles. The van der Waals surface area contributed by atoms with Gasteiger partial charge in [-0.25, -0.2) is 9.97 Å². The van der Waals surface area contributed by atoms with Crippen LogP contribution >= 0.6 is 0 Å². The van der Waals surface area contributed by atoms with Crippen LogP contribution in [0.15, 0.2) is 73.8 Å². The molecular formula is C25H20N8. The fraction of sp³-hybridized carbons (Fsp3) is 0.0800. The van der Waals surface area contributed by atoms with E-state index in [1.165, 1.54) is 0 Å². The van der Waals surface area contributed by atoms with E-state index in [2.05, 4.69) is 42.0 Å². The summed E-state index contributed by atoms with van der Waals surface area (Å²) in [6.07, 6.45) is 14.7. The van der Waals surface area contributed by atoms with Crippen molar-refractivity contribution in [2.75, 3.05) is 19.0 Å². The maximum Gasteiger partial charge on any atom is 0.140 e. The minimum atomic E-state index is 0.758. The van der Waals surface area contributed by atoms with E-state index < -0.39 is 0 Å². The summed E-state index contributed by atoms with van der Waals surface area (Å²) >= 11 is 0. The Morgan fingerprint density at radius 2 is 1.67 bits per heavy atom. The predicted molar refractivity (Wildman–Crippen MR) is 130 cm³/mol. The van der Waals surface area contributed by atoms with Crippen LogP contribution in [0.2, 0.25) is 0 Å². The van der Waals surface area contributed by atoms with Crippen LogP contribution in [-0.2, 0) is 0 Å². The summed E-state index contributed by atoms with van der Waals surface area (Å²) in [7, 11) is 4.01. The third-order valence-electron chi connectivity index (χ3n) is 5.73. The molecule has 0 unspecified atom stereocenters. The van der Waals surface area contributed by atoms with Gasteiger partial charge in [0.25, 0.3) is 0 Å². The summed E-state index contributed by atoms with van der Waals surface area (Å²) in [6.45, 7) is 0. The van der Waals surface area contributed by atoms with Crippen molar-refractivity contribution in [1.29, 1.82) is 0 Å². The minimum Gasteiger partial charge on any atom is -0.376 e. The van der Waals surface area contributed by atoms with Crippen LogP contribution in [0.25, 0.3) is 55.7 Å². The van der Waals surface area contributed by atoms with Crippen molar-refractivity contribution in [2.24, 2.45) is 0 Å². The van der Waals surface area contributed by atoms with Crippen molar-refractivity contribution in [3.05, 3.63) is 73.8 Å². The molecule has 0 amide bonds. The lowest BCUT2D eigenvalue weighted by Crippen LogP contribution is -2.08. The molecule has 0 aliphatic carbocycles. The van der Waals surface area contributed by atoms with E-state index in [-0.39, 0.29) is 0 Å². The Labute approximate surface area is 189 Å². The van der Waals surface area contributed by atoms with Crippen LogP contribution in [0.4, 0.5) is 5.69 Å². The van der Waals surface area contributed by atoms with Gasteiger partial charge in [0.05, 0.1) is 29.1 Å². The number of aromatic nitrogens is 7. The zero-order valence-electron chi connectivity index (χ0n) is 18.1. The van der Waals surface area contributed by atoms with E-state index >= 15 is 0 Å². The molecule has 0 saturated carbocycles. The van der Waals surface area contributed by atoms with Crippen LogP contribution < -0.4 is 4.90 Å². The van der Waals surface area contributed by atoms with Gasteiger partial charge in [-0.2, -0.15) is 0 Å².